The van der Waals surface area contributed by atoms with E-state index in [-0.39, 0.29) is 24.0 Å². The van der Waals surface area contributed by atoms with Crippen LogP contribution in [0.3, 0.4) is 0 Å². The Morgan fingerprint density at radius 1 is 1.43 bits per heavy atom. The van der Waals surface area contributed by atoms with E-state index in [2.05, 4.69) is 46.8 Å². The van der Waals surface area contributed by atoms with Gasteiger partial charge in [-0.05, 0) is 52.0 Å². The molecule has 0 amide bonds. The molecule has 1 aromatic rings. The van der Waals surface area contributed by atoms with Crippen molar-refractivity contribution >= 4 is 29.9 Å². The van der Waals surface area contributed by atoms with Crippen LogP contribution in [0.4, 0.5) is 0 Å². The molecule has 1 saturated heterocycles. The van der Waals surface area contributed by atoms with Gasteiger partial charge in [-0.2, -0.15) is 5.10 Å². The highest BCUT2D eigenvalue weighted by atomic mass is 127. The summed E-state index contributed by atoms with van der Waals surface area (Å²) in [6.45, 7) is 13.6. The Morgan fingerprint density at radius 3 is 2.83 bits per heavy atom. The van der Waals surface area contributed by atoms with E-state index in [1.54, 1.807) is 0 Å². The summed E-state index contributed by atoms with van der Waals surface area (Å²) in [5.41, 5.74) is 2.33. The van der Waals surface area contributed by atoms with Crippen molar-refractivity contribution in [2.45, 2.75) is 53.5 Å². The Labute approximate surface area is 157 Å². The topological polar surface area (TPSA) is 45.5 Å². The molecule has 1 fully saturated rings. The predicted molar refractivity (Wildman–Crippen MR) is 108 cm³/mol. The largest absolute Gasteiger partial charge is 0.357 e. The van der Waals surface area contributed by atoms with Gasteiger partial charge < -0.3 is 10.2 Å². The van der Waals surface area contributed by atoms with E-state index < -0.39 is 0 Å². The average molecular weight is 433 g/mol. The molecule has 5 nitrogen and oxygen atoms in total. The minimum Gasteiger partial charge on any atom is -0.357 e. The van der Waals surface area contributed by atoms with Crippen molar-refractivity contribution in [3.05, 3.63) is 17.5 Å². The van der Waals surface area contributed by atoms with Crippen LogP contribution in [0.5, 0.6) is 0 Å². The van der Waals surface area contributed by atoms with Crippen LogP contribution in [0.25, 0.3) is 0 Å². The number of nitrogens with zero attached hydrogens (tertiary/aromatic N) is 4. The first-order chi connectivity index (χ1) is 10.6. The first-order valence-electron chi connectivity index (χ1n) is 8.64. The number of aliphatic imine (C=N–C) groups is 1. The summed E-state index contributed by atoms with van der Waals surface area (Å²) in [7, 11) is 0. The molecular formula is C17H32IN5. The molecule has 132 valence electrons. The molecule has 1 aromatic heterocycles. The second-order valence-corrected chi connectivity index (χ2v) is 6.43. The zero-order valence-electron chi connectivity index (χ0n) is 15.0. The quantitative estimate of drug-likeness (QED) is 0.336. The van der Waals surface area contributed by atoms with Gasteiger partial charge >= 0.3 is 0 Å². The number of aryl methyl sites for hydroxylation is 3. The number of piperidine rings is 1. The number of rotatable bonds is 5. The third-order valence-corrected chi connectivity index (χ3v) is 4.18. The van der Waals surface area contributed by atoms with E-state index >= 15 is 0 Å². The summed E-state index contributed by atoms with van der Waals surface area (Å²) in [5, 5.41) is 7.95. The van der Waals surface area contributed by atoms with Crippen LogP contribution in [0.2, 0.25) is 0 Å². The zero-order valence-corrected chi connectivity index (χ0v) is 17.3. The molecule has 23 heavy (non-hydrogen) atoms. The summed E-state index contributed by atoms with van der Waals surface area (Å²) in [4.78, 5) is 7.23. The lowest BCUT2D eigenvalue weighted by atomic mass is 10.0. The van der Waals surface area contributed by atoms with Gasteiger partial charge in [0.15, 0.2) is 5.96 Å². The van der Waals surface area contributed by atoms with Crippen molar-refractivity contribution in [2.75, 3.05) is 26.2 Å². The van der Waals surface area contributed by atoms with Crippen molar-refractivity contribution in [3.63, 3.8) is 0 Å². The lowest BCUT2D eigenvalue weighted by Gasteiger charge is -2.33. The van der Waals surface area contributed by atoms with Gasteiger partial charge in [0.1, 0.15) is 0 Å². The maximum atomic E-state index is 4.81. The first-order valence-corrected chi connectivity index (χ1v) is 8.64. The van der Waals surface area contributed by atoms with Gasteiger partial charge in [-0.15, -0.1) is 24.0 Å². The Balaban J connectivity index is 0.00000264. The van der Waals surface area contributed by atoms with Gasteiger partial charge in [-0.1, -0.05) is 6.92 Å². The summed E-state index contributed by atoms with van der Waals surface area (Å²) in [6, 6.07) is 2.13. The standard InChI is InChI=1S/C17H31N5.HI/c1-5-18-17(21-10-6-8-14(2)13-21)19-9-7-11-22-16(4)12-15(3)20-22;/h12,14H,5-11,13H2,1-4H3,(H,18,19);1H. The highest BCUT2D eigenvalue weighted by molar-refractivity contribution is 14.0. The van der Waals surface area contributed by atoms with Crippen molar-refractivity contribution < 1.29 is 0 Å². The summed E-state index contributed by atoms with van der Waals surface area (Å²) < 4.78 is 2.08. The number of guanidine groups is 1. The fourth-order valence-corrected chi connectivity index (χ4v) is 3.11. The Kier molecular flexibility index (Phi) is 8.94. The minimum atomic E-state index is 0. The Morgan fingerprint density at radius 2 is 2.22 bits per heavy atom. The molecular weight excluding hydrogens is 401 g/mol. The molecule has 0 bridgehead atoms. The minimum absolute atomic E-state index is 0. The number of aromatic nitrogens is 2. The third kappa shape index (κ3) is 6.31. The smallest absolute Gasteiger partial charge is 0.193 e. The lowest BCUT2D eigenvalue weighted by molar-refractivity contribution is 0.266. The molecule has 0 radical (unpaired) electrons. The van der Waals surface area contributed by atoms with E-state index in [4.69, 9.17) is 4.99 Å². The number of hydrogen-bond acceptors (Lipinski definition) is 2. The van der Waals surface area contributed by atoms with Gasteiger partial charge in [0.25, 0.3) is 0 Å². The fourth-order valence-electron chi connectivity index (χ4n) is 3.11. The zero-order chi connectivity index (χ0) is 15.9. The van der Waals surface area contributed by atoms with Gasteiger partial charge in [-0.25, -0.2) is 0 Å². The first kappa shape index (κ1) is 20.3. The van der Waals surface area contributed by atoms with Crippen molar-refractivity contribution in [2.24, 2.45) is 10.9 Å². The van der Waals surface area contributed by atoms with Gasteiger partial charge in [0.2, 0.25) is 0 Å². The van der Waals surface area contributed by atoms with Crippen LogP contribution in [0.15, 0.2) is 11.1 Å². The maximum absolute atomic E-state index is 4.81. The number of halogens is 1. The number of hydrogen-bond donors (Lipinski definition) is 1. The second kappa shape index (κ2) is 10.2. The summed E-state index contributed by atoms with van der Waals surface area (Å²) >= 11 is 0. The van der Waals surface area contributed by atoms with Gasteiger partial charge in [0, 0.05) is 38.4 Å². The summed E-state index contributed by atoms with van der Waals surface area (Å²) in [6.07, 6.45) is 3.64. The maximum Gasteiger partial charge on any atom is 0.193 e. The molecule has 0 aromatic carbocycles. The molecule has 1 N–H and O–H groups in total. The highest BCUT2D eigenvalue weighted by Crippen LogP contribution is 2.15. The molecule has 2 rings (SSSR count). The molecule has 0 aliphatic carbocycles. The predicted octanol–water partition coefficient (Wildman–Crippen LogP) is 3.21. The van der Waals surface area contributed by atoms with Crippen LogP contribution in [-0.4, -0.2) is 46.8 Å². The average Bonchev–Trinajstić information content (AvgIpc) is 2.80. The van der Waals surface area contributed by atoms with Crippen LogP contribution < -0.4 is 5.32 Å². The normalized spacial score (nSPS) is 18.7. The van der Waals surface area contributed by atoms with E-state index in [0.29, 0.717) is 0 Å². The Bertz CT molecular complexity index is 497. The van der Waals surface area contributed by atoms with E-state index in [0.717, 1.165) is 56.7 Å². The molecule has 1 aliphatic heterocycles. The molecule has 6 heteroatoms. The van der Waals surface area contributed by atoms with E-state index in [9.17, 15) is 0 Å². The van der Waals surface area contributed by atoms with E-state index in [1.165, 1.54) is 18.5 Å². The van der Waals surface area contributed by atoms with Crippen LogP contribution in [0.1, 0.15) is 44.5 Å². The molecule has 0 spiro atoms. The molecule has 2 heterocycles. The van der Waals surface area contributed by atoms with Crippen molar-refractivity contribution in [3.8, 4) is 0 Å². The highest BCUT2D eigenvalue weighted by Gasteiger charge is 2.18. The van der Waals surface area contributed by atoms with Crippen LogP contribution in [-0.2, 0) is 6.54 Å². The molecule has 1 atom stereocenters. The molecule has 0 saturated carbocycles. The fraction of sp³-hybridized carbons (Fsp3) is 0.765. The van der Waals surface area contributed by atoms with Crippen molar-refractivity contribution in [1.82, 2.24) is 20.0 Å². The third-order valence-electron chi connectivity index (χ3n) is 4.18. The van der Waals surface area contributed by atoms with Crippen LogP contribution in [0, 0.1) is 19.8 Å². The van der Waals surface area contributed by atoms with Gasteiger partial charge in [0.05, 0.1) is 5.69 Å². The monoisotopic (exact) mass is 433 g/mol. The van der Waals surface area contributed by atoms with Gasteiger partial charge in [-0.3, -0.25) is 9.67 Å². The lowest BCUT2D eigenvalue weighted by Crippen LogP contribution is -2.46. The SMILES string of the molecule is CCNC(=NCCCn1nc(C)cc1C)N1CCCC(C)C1.I. The van der Waals surface area contributed by atoms with Crippen molar-refractivity contribution in [1.29, 1.82) is 0 Å². The van der Waals surface area contributed by atoms with E-state index in [1.807, 2.05) is 6.92 Å². The molecule has 1 unspecified atom stereocenters. The number of likely N-dealkylation sites (tertiary alicyclic amines) is 1. The van der Waals surface area contributed by atoms with Crippen LogP contribution >= 0.6 is 24.0 Å². The Hall–Kier alpha value is -0.790. The summed E-state index contributed by atoms with van der Waals surface area (Å²) in [5.74, 6) is 1.86. The number of nitrogens with one attached hydrogen (secondary N) is 1. The molecule has 1 aliphatic rings. The second-order valence-electron chi connectivity index (χ2n) is 6.43.